The predicted octanol–water partition coefficient (Wildman–Crippen LogP) is 5.49. The molecule has 0 unspecified atom stereocenters. The van der Waals surface area contributed by atoms with E-state index in [0.29, 0.717) is 5.56 Å². The summed E-state index contributed by atoms with van der Waals surface area (Å²) in [7, 11) is 2.18. The zero-order chi connectivity index (χ0) is 21.4. The summed E-state index contributed by atoms with van der Waals surface area (Å²) in [6.45, 7) is 7.34. The lowest BCUT2D eigenvalue weighted by atomic mass is 10.1. The molecule has 4 heteroatoms. The van der Waals surface area contributed by atoms with Gasteiger partial charge in [-0.05, 0) is 49.2 Å². The summed E-state index contributed by atoms with van der Waals surface area (Å²) >= 11 is 0. The molecule has 0 atom stereocenters. The van der Waals surface area contributed by atoms with E-state index in [-0.39, 0.29) is 5.82 Å². The number of fused-ring (bicyclic) bond motifs is 1. The van der Waals surface area contributed by atoms with Gasteiger partial charge in [-0.2, -0.15) is 0 Å². The van der Waals surface area contributed by atoms with Crippen molar-refractivity contribution in [1.82, 2.24) is 14.4 Å². The lowest BCUT2D eigenvalue weighted by molar-refractivity contribution is 0.148. The molecule has 1 aliphatic heterocycles. The third-order valence-electron chi connectivity index (χ3n) is 6.50. The van der Waals surface area contributed by atoms with E-state index in [1.807, 2.05) is 12.1 Å². The van der Waals surface area contributed by atoms with E-state index in [1.165, 1.54) is 22.0 Å². The third-order valence-corrected chi connectivity index (χ3v) is 6.50. The monoisotopic (exact) mass is 413 g/mol. The van der Waals surface area contributed by atoms with E-state index in [0.717, 1.165) is 44.1 Å². The van der Waals surface area contributed by atoms with Crippen LogP contribution in [0.3, 0.4) is 0 Å². The summed E-state index contributed by atoms with van der Waals surface area (Å²) in [5.41, 5.74) is 5.09. The van der Waals surface area contributed by atoms with Gasteiger partial charge in [-0.15, -0.1) is 0 Å². The number of piperazine rings is 1. The maximum absolute atomic E-state index is 14.9. The van der Waals surface area contributed by atoms with Crippen LogP contribution in [0.1, 0.15) is 11.3 Å². The summed E-state index contributed by atoms with van der Waals surface area (Å²) in [5, 5.41) is 2.36. The number of hydrogen-bond donors (Lipinski definition) is 0. The number of aromatic nitrogens is 1. The first-order valence-corrected chi connectivity index (χ1v) is 11.0. The van der Waals surface area contributed by atoms with Gasteiger partial charge in [0.25, 0.3) is 0 Å². The summed E-state index contributed by atoms with van der Waals surface area (Å²) in [4.78, 5) is 4.87. The number of benzene rings is 3. The highest BCUT2D eigenvalue weighted by atomic mass is 19.1. The molecule has 3 aromatic carbocycles. The van der Waals surface area contributed by atoms with Gasteiger partial charge >= 0.3 is 0 Å². The van der Waals surface area contributed by atoms with Gasteiger partial charge in [0, 0.05) is 49.4 Å². The summed E-state index contributed by atoms with van der Waals surface area (Å²) in [6, 6.07) is 24.0. The van der Waals surface area contributed by atoms with Crippen LogP contribution in [-0.4, -0.2) is 47.6 Å². The van der Waals surface area contributed by atoms with Crippen LogP contribution in [0.5, 0.6) is 0 Å². The van der Waals surface area contributed by atoms with Gasteiger partial charge in [0.1, 0.15) is 5.82 Å². The van der Waals surface area contributed by atoms with Gasteiger partial charge in [-0.25, -0.2) is 4.39 Å². The predicted molar refractivity (Wildman–Crippen MR) is 126 cm³/mol. The van der Waals surface area contributed by atoms with Crippen molar-refractivity contribution in [2.45, 2.75) is 13.5 Å². The summed E-state index contributed by atoms with van der Waals surface area (Å²) in [5.74, 6) is -0.187. The SMILES string of the molecule is Cc1c(CN2CCN(C)CC2)cc(-c2ccccc2F)n1-c1cccc2ccccc12. The van der Waals surface area contributed by atoms with Crippen molar-refractivity contribution in [3.63, 3.8) is 0 Å². The average molecular weight is 414 g/mol. The van der Waals surface area contributed by atoms with Crippen LogP contribution in [0.15, 0.2) is 72.8 Å². The number of halogens is 1. The Kier molecular flexibility index (Phi) is 5.34. The number of rotatable bonds is 4. The smallest absolute Gasteiger partial charge is 0.132 e. The van der Waals surface area contributed by atoms with Crippen molar-refractivity contribution in [2.75, 3.05) is 33.2 Å². The van der Waals surface area contributed by atoms with Crippen molar-refractivity contribution in [1.29, 1.82) is 0 Å². The maximum atomic E-state index is 14.9. The minimum absolute atomic E-state index is 0.187. The molecule has 0 radical (unpaired) electrons. The maximum Gasteiger partial charge on any atom is 0.132 e. The van der Waals surface area contributed by atoms with E-state index in [9.17, 15) is 4.39 Å². The Hall–Kier alpha value is -2.95. The highest BCUT2D eigenvalue weighted by Crippen LogP contribution is 2.34. The third kappa shape index (κ3) is 3.78. The topological polar surface area (TPSA) is 11.4 Å². The Labute approximate surface area is 183 Å². The molecule has 1 saturated heterocycles. The molecule has 1 fully saturated rings. The first-order valence-electron chi connectivity index (χ1n) is 11.0. The molecule has 0 amide bonds. The highest BCUT2D eigenvalue weighted by molar-refractivity contribution is 5.91. The standard InChI is InChI=1S/C27H28FN3/c1-20-22(19-30-16-14-29(2)15-17-30)18-27(24-11-5-6-12-25(24)28)31(20)26-13-7-9-21-8-3-4-10-23(21)26/h3-13,18H,14-17,19H2,1-2H3. The van der Waals surface area contributed by atoms with Gasteiger partial charge in [0.15, 0.2) is 0 Å². The molecule has 0 bridgehead atoms. The van der Waals surface area contributed by atoms with Crippen LogP contribution in [0, 0.1) is 12.7 Å². The Balaban J connectivity index is 1.67. The Morgan fingerprint density at radius 2 is 1.55 bits per heavy atom. The van der Waals surface area contributed by atoms with E-state index >= 15 is 0 Å². The highest BCUT2D eigenvalue weighted by Gasteiger charge is 2.21. The fourth-order valence-corrected chi connectivity index (χ4v) is 4.65. The largest absolute Gasteiger partial charge is 0.313 e. The van der Waals surface area contributed by atoms with Gasteiger partial charge in [-0.3, -0.25) is 4.90 Å². The fourth-order valence-electron chi connectivity index (χ4n) is 4.65. The van der Waals surface area contributed by atoms with Crippen LogP contribution in [0.25, 0.3) is 27.7 Å². The molecule has 4 aromatic rings. The van der Waals surface area contributed by atoms with Crippen LogP contribution < -0.4 is 0 Å². The zero-order valence-electron chi connectivity index (χ0n) is 18.2. The number of nitrogens with zero attached hydrogens (tertiary/aromatic N) is 3. The van der Waals surface area contributed by atoms with Crippen LogP contribution >= 0.6 is 0 Å². The number of likely N-dealkylation sites (N-methyl/N-ethyl adjacent to an activating group) is 1. The van der Waals surface area contributed by atoms with Gasteiger partial charge in [-0.1, -0.05) is 48.5 Å². The molecule has 0 spiro atoms. The van der Waals surface area contributed by atoms with Crippen molar-refractivity contribution in [3.8, 4) is 16.9 Å². The van der Waals surface area contributed by atoms with Crippen molar-refractivity contribution < 1.29 is 4.39 Å². The molecule has 1 aromatic heterocycles. The normalized spacial score (nSPS) is 15.6. The lowest BCUT2D eigenvalue weighted by Gasteiger charge is -2.32. The Morgan fingerprint density at radius 1 is 0.839 bits per heavy atom. The van der Waals surface area contributed by atoms with Crippen LogP contribution in [0.4, 0.5) is 4.39 Å². The van der Waals surface area contributed by atoms with Crippen molar-refractivity contribution in [2.24, 2.45) is 0 Å². The minimum atomic E-state index is -0.187. The second-order valence-electron chi connectivity index (χ2n) is 8.53. The summed E-state index contributed by atoms with van der Waals surface area (Å²) < 4.78 is 17.1. The molecular weight excluding hydrogens is 385 g/mol. The van der Waals surface area contributed by atoms with Gasteiger partial charge in [0.2, 0.25) is 0 Å². The van der Waals surface area contributed by atoms with E-state index in [4.69, 9.17) is 0 Å². The van der Waals surface area contributed by atoms with Crippen LogP contribution in [0.2, 0.25) is 0 Å². The molecule has 31 heavy (non-hydrogen) atoms. The average Bonchev–Trinajstić information content (AvgIpc) is 3.11. The molecule has 0 saturated carbocycles. The van der Waals surface area contributed by atoms with Gasteiger partial charge < -0.3 is 9.47 Å². The van der Waals surface area contributed by atoms with E-state index in [2.05, 4.69) is 76.9 Å². The quantitative estimate of drug-likeness (QED) is 0.438. The molecule has 3 nitrogen and oxygen atoms in total. The lowest BCUT2D eigenvalue weighted by Crippen LogP contribution is -2.43. The Bertz CT molecular complexity index is 1210. The van der Waals surface area contributed by atoms with Gasteiger partial charge in [0.05, 0.1) is 11.4 Å². The minimum Gasteiger partial charge on any atom is -0.313 e. The van der Waals surface area contributed by atoms with Crippen LogP contribution in [-0.2, 0) is 6.54 Å². The molecule has 1 aliphatic rings. The number of hydrogen-bond acceptors (Lipinski definition) is 2. The second-order valence-corrected chi connectivity index (χ2v) is 8.53. The molecular formula is C27H28FN3. The van der Waals surface area contributed by atoms with Crippen molar-refractivity contribution in [3.05, 3.63) is 89.9 Å². The summed E-state index contributed by atoms with van der Waals surface area (Å²) in [6.07, 6.45) is 0. The first-order chi connectivity index (χ1) is 15.1. The Morgan fingerprint density at radius 3 is 2.35 bits per heavy atom. The fraction of sp³-hybridized carbons (Fsp3) is 0.259. The zero-order valence-corrected chi connectivity index (χ0v) is 18.2. The van der Waals surface area contributed by atoms with Crippen molar-refractivity contribution >= 4 is 10.8 Å². The molecule has 5 rings (SSSR count). The first kappa shape index (κ1) is 20.0. The molecule has 0 N–H and O–H groups in total. The molecule has 2 heterocycles. The van der Waals surface area contributed by atoms with E-state index < -0.39 is 0 Å². The second kappa shape index (κ2) is 8.29. The van der Waals surface area contributed by atoms with E-state index in [1.54, 1.807) is 12.1 Å². The molecule has 0 aliphatic carbocycles. The molecule has 158 valence electrons.